The van der Waals surface area contributed by atoms with Gasteiger partial charge in [-0.3, -0.25) is 9.59 Å². The SMILES string of the molecule is CC(=O)OC(C1C[C@@H](C)[C@H]2C(O1)C(=O)[C@@]1(C)C3CC[C@H]4C(C)(C)C(O[C@@H]5OCC(O)C(O)[C@H]5O)CCC45CC35CCC21C)C(C)(C)O. The zero-order valence-corrected chi connectivity index (χ0v) is 29.5. The number of hydrogen-bond acceptors (Lipinski definition) is 10. The first kappa shape index (κ1) is 34.3. The fraction of sp³-hybridized carbons (Fsp3) is 0.946. The van der Waals surface area contributed by atoms with Crippen molar-refractivity contribution in [2.75, 3.05) is 6.61 Å². The highest BCUT2D eigenvalue weighted by Gasteiger charge is 2.85. The molecule has 0 aromatic carbocycles. The average molecular weight is 663 g/mol. The smallest absolute Gasteiger partial charge is 0.303 e. The maximum atomic E-state index is 15.0. The van der Waals surface area contributed by atoms with Gasteiger partial charge in [-0.1, -0.05) is 34.6 Å². The van der Waals surface area contributed by atoms with Crippen molar-refractivity contribution in [1.82, 2.24) is 0 Å². The van der Waals surface area contributed by atoms with Gasteiger partial charge in [0, 0.05) is 18.3 Å². The Morgan fingerprint density at radius 1 is 0.979 bits per heavy atom. The lowest BCUT2D eigenvalue weighted by molar-refractivity contribution is -0.302. The van der Waals surface area contributed by atoms with Gasteiger partial charge in [-0.25, -0.2) is 0 Å². The molecule has 2 aliphatic heterocycles. The Labute approximate surface area is 279 Å². The van der Waals surface area contributed by atoms with E-state index in [-0.39, 0.29) is 57.9 Å². The van der Waals surface area contributed by atoms with Gasteiger partial charge >= 0.3 is 5.97 Å². The van der Waals surface area contributed by atoms with Crippen LogP contribution < -0.4 is 0 Å². The topological polar surface area (TPSA) is 152 Å². The third-order valence-corrected chi connectivity index (χ3v) is 15.6. The quantitative estimate of drug-likeness (QED) is 0.254. The summed E-state index contributed by atoms with van der Waals surface area (Å²) in [4.78, 5) is 27.0. The highest BCUT2D eigenvalue weighted by atomic mass is 16.7. The van der Waals surface area contributed by atoms with Crippen LogP contribution in [0.2, 0.25) is 0 Å². The fourth-order valence-corrected chi connectivity index (χ4v) is 13.4. The van der Waals surface area contributed by atoms with Crippen LogP contribution in [0.4, 0.5) is 0 Å². The lowest BCUT2D eigenvalue weighted by atomic mass is 9.41. The zero-order chi connectivity index (χ0) is 34.3. The summed E-state index contributed by atoms with van der Waals surface area (Å²) in [5.41, 5.74) is -2.06. The zero-order valence-electron chi connectivity index (χ0n) is 29.5. The van der Waals surface area contributed by atoms with Crippen molar-refractivity contribution in [3.05, 3.63) is 0 Å². The molecule has 5 aliphatic carbocycles. The number of carbonyl (C=O) groups excluding carboxylic acids is 2. The molecule has 0 aromatic rings. The highest BCUT2D eigenvalue weighted by Crippen LogP contribution is 2.89. The number of aliphatic hydroxyl groups excluding tert-OH is 3. The molecule has 0 radical (unpaired) electrons. The standard InChI is InChI=1S/C37H58O10/c1-18-15-21(30(33(5,6)43)45-19(2)38)46-28-25(18)34(7)13-14-37-17-36(37)12-11-24(47-31-27(41)26(40)20(39)16-44-31)32(3,4)22(36)9-10-23(37)35(34,8)29(28)42/h18,20-28,30-31,39-41,43H,9-17H2,1-8H3/t18-,20?,21?,22+,23?,24?,25+,26?,27-,28?,30?,31+,34?,35-,36?,37?/m1/s1. The molecule has 10 unspecified atom stereocenters. The Kier molecular flexibility index (Phi) is 7.80. The second-order valence-corrected chi connectivity index (χ2v) is 18.4. The summed E-state index contributed by atoms with van der Waals surface area (Å²) >= 11 is 0. The number of esters is 1. The first-order valence-electron chi connectivity index (χ1n) is 18.2. The minimum absolute atomic E-state index is 0.0668. The maximum absolute atomic E-state index is 15.0. The number of ether oxygens (including phenoxy) is 4. The number of ketones is 1. The van der Waals surface area contributed by atoms with E-state index in [0.29, 0.717) is 12.3 Å². The van der Waals surface area contributed by atoms with Crippen LogP contribution in [-0.2, 0) is 28.5 Å². The Morgan fingerprint density at radius 2 is 1.64 bits per heavy atom. The molecule has 7 fully saturated rings. The van der Waals surface area contributed by atoms with Crippen molar-refractivity contribution >= 4 is 11.8 Å². The molecule has 10 nitrogen and oxygen atoms in total. The molecule has 0 aromatic heterocycles. The van der Waals surface area contributed by atoms with Crippen molar-refractivity contribution in [3.63, 3.8) is 0 Å². The third kappa shape index (κ3) is 4.46. The van der Waals surface area contributed by atoms with E-state index in [2.05, 4.69) is 34.6 Å². The van der Waals surface area contributed by atoms with Gasteiger partial charge in [-0.05, 0) is 105 Å². The van der Waals surface area contributed by atoms with Gasteiger partial charge in [-0.2, -0.15) is 0 Å². The highest BCUT2D eigenvalue weighted by molar-refractivity contribution is 5.93. The molecular formula is C37H58O10. The van der Waals surface area contributed by atoms with Gasteiger partial charge in [0.15, 0.2) is 18.2 Å². The second kappa shape index (κ2) is 10.7. The molecule has 7 rings (SSSR count). The monoisotopic (exact) mass is 662 g/mol. The van der Waals surface area contributed by atoms with Gasteiger partial charge < -0.3 is 39.4 Å². The van der Waals surface area contributed by atoms with Gasteiger partial charge in [0.25, 0.3) is 0 Å². The van der Waals surface area contributed by atoms with Crippen LogP contribution in [0, 0.1) is 50.7 Å². The average Bonchev–Trinajstić information content (AvgIpc) is 3.61. The fourth-order valence-electron chi connectivity index (χ4n) is 13.4. The summed E-state index contributed by atoms with van der Waals surface area (Å²) in [6, 6.07) is 0. The second-order valence-electron chi connectivity index (χ2n) is 18.4. The molecular weight excluding hydrogens is 604 g/mol. The molecule has 47 heavy (non-hydrogen) atoms. The van der Waals surface area contributed by atoms with Crippen molar-refractivity contribution in [1.29, 1.82) is 0 Å². The number of Topliss-reactive ketones (excluding diaryl/α,β-unsaturated/α-hetero) is 1. The van der Waals surface area contributed by atoms with Gasteiger partial charge in [0.2, 0.25) is 0 Å². The number of carbonyl (C=O) groups is 2. The van der Waals surface area contributed by atoms with Gasteiger partial charge in [-0.15, -0.1) is 0 Å². The van der Waals surface area contributed by atoms with Crippen LogP contribution in [-0.4, -0.2) is 93.4 Å². The van der Waals surface area contributed by atoms with Gasteiger partial charge in [0.05, 0.1) is 24.4 Å². The van der Waals surface area contributed by atoms with E-state index >= 15 is 0 Å². The van der Waals surface area contributed by atoms with Crippen LogP contribution in [0.25, 0.3) is 0 Å². The molecule has 10 heteroatoms. The number of hydrogen-bond donors (Lipinski definition) is 4. The van der Waals surface area contributed by atoms with Gasteiger partial charge in [0.1, 0.15) is 24.4 Å². The Hall–Kier alpha value is -1.14. The van der Waals surface area contributed by atoms with E-state index in [4.69, 9.17) is 18.9 Å². The van der Waals surface area contributed by atoms with Crippen LogP contribution in [0.3, 0.4) is 0 Å². The summed E-state index contributed by atoms with van der Waals surface area (Å²) in [6.07, 6.45) is 0.691. The summed E-state index contributed by atoms with van der Waals surface area (Å²) in [7, 11) is 0. The predicted molar refractivity (Wildman–Crippen MR) is 170 cm³/mol. The van der Waals surface area contributed by atoms with Crippen molar-refractivity contribution in [2.45, 2.75) is 161 Å². The number of aliphatic hydroxyl groups is 4. The van der Waals surface area contributed by atoms with Crippen molar-refractivity contribution < 1.29 is 49.0 Å². The third-order valence-electron chi connectivity index (χ3n) is 15.6. The van der Waals surface area contributed by atoms with Crippen molar-refractivity contribution in [3.8, 4) is 0 Å². The van der Waals surface area contributed by atoms with Crippen molar-refractivity contribution in [2.24, 2.45) is 50.7 Å². The van der Waals surface area contributed by atoms with E-state index in [1.165, 1.54) is 6.92 Å². The van der Waals surface area contributed by atoms with E-state index in [1.54, 1.807) is 13.8 Å². The van der Waals surface area contributed by atoms with Crippen LogP contribution in [0.15, 0.2) is 0 Å². The molecule has 266 valence electrons. The molecule has 2 saturated heterocycles. The van der Waals surface area contributed by atoms with E-state index < -0.39 is 59.9 Å². The lowest BCUT2D eigenvalue weighted by Crippen LogP contribution is -2.60. The van der Waals surface area contributed by atoms with E-state index in [0.717, 1.165) is 44.9 Å². The molecule has 2 spiro atoms. The molecule has 2 heterocycles. The molecule has 4 N–H and O–H groups in total. The molecule has 0 bridgehead atoms. The molecule has 16 atom stereocenters. The van der Waals surface area contributed by atoms with E-state index in [1.807, 2.05) is 0 Å². The maximum Gasteiger partial charge on any atom is 0.303 e. The summed E-state index contributed by atoms with van der Waals surface area (Å²) in [5.74, 6) is 0.603. The Bertz CT molecular complexity index is 1290. The summed E-state index contributed by atoms with van der Waals surface area (Å²) < 4.78 is 24.4. The first-order valence-corrected chi connectivity index (χ1v) is 18.2. The lowest BCUT2D eigenvalue weighted by Gasteiger charge is -2.62. The predicted octanol–water partition coefficient (Wildman–Crippen LogP) is 3.53. The Balaban J connectivity index is 1.15. The number of rotatable bonds is 5. The summed E-state index contributed by atoms with van der Waals surface area (Å²) in [5, 5.41) is 41.8. The number of fused-ring (bicyclic) bond motifs is 4. The van der Waals surface area contributed by atoms with Crippen LogP contribution in [0.5, 0.6) is 0 Å². The van der Waals surface area contributed by atoms with Crippen LogP contribution >= 0.6 is 0 Å². The van der Waals surface area contributed by atoms with Crippen LogP contribution in [0.1, 0.15) is 107 Å². The normalized spacial score (nSPS) is 53.9. The summed E-state index contributed by atoms with van der Waals surface area (Å²) in [6.45, 7) is 15.9. The first-order chi connectivity index (χ1) is 21.8. The minimum atomic E-state index is -1.31. The molecule has 0 amide bonds. The largest absolute Gasteiger partial charge is 0.457 e. The molecule has 7 aliphatic rings. The minimum Gasteiger partial charge on any atom is -0.457 e. The Morgan fingerprint density at radius 3 is 2.30 bits per heavy atom. The van der Waals surface area contributed by atoms with E-state index in [9.17, 15) is 30.0 Å². The molecule has 5 saturated carbocycles.